The van der Waals surface area contributed by atoms with E-state index in [2.05, 4.69) is 0 Å². The SMILES string of the molecule is CC(O)O[C@H]1CO[C@@H](c2ccccc2)OC1. The van der Waals surface area contributed by atoms with E-state index < -0.39 is 6.29 Å². The molecule has 1 N–H and O–H groups in total. The summed E-state index contributed by atoms with van der Waals surface area (Å²) in [7, 11) is 0. The highest BCUT2D eigenvalue weighted by atomic mass is 16.7. The van der Waals surface area contributed by atoms with Crippen molar-refractivity contribution in [2.24, 2.45) is 0 Å². The van der Waals surface area contributed by atoms with Crippen LogP contribution >= 0.6 is 0 Å². The molecule has 2 rings (SSSR count). The zero-order valence-electron chi connectivity index (χ0n) is 9.20. The minimum Gasteiger partial charge on any atom is -0.368 e. The van der Waals surface area contributed by atoms with E-state index in [9.17, 15) is 0 Å². The minimum absolute atomic E-state index is 0.194. The zero-order valence-corrected chi connectivity index (χ0v) is 9.20. The number of aliphatic hydroxyl groups is 1. The summed E-state index contributed by atoms with van der Waals surface area (Å²) in [5, 5.41) is 9.05. The Morgan fingerprint density at radius 3 is 2.44 bits per heavy atom. The van der Waals surface area contributed by atoms with Crippen LogP contribution in [0.1, 0.15) is 18.8 Å². The topological polar surface area (TPSA) is 47.9 Å². The van der Waals surface area contributed by atoms with Crippen molar-refractivity contribution in [2.45, 2.75) is 25.6 Å². The predicted molar refractivity (Wildman–Crippen MR) is 57.6 cm³/mol. The van der Waals surface area contributed by atoms with Crippen molar-refractivity contribution in [3.63, 3.8) is 0 Å². The molecular weight excluding hydrogens is 208 g/mol. The van der Waals surface area contributed by atoms with Gasteiger partial charge in [0, 0.05) is 5.56 Å². The number of hydrogen-bond donors (Lipinski definition) is 1. The molecule has 1 atom stereocenters. The van der Waals surface area contributed by atoms with Crippen LogP contribution in [-0.2, 0) is 14.2 Å². The van der Waals surface area contributed by atoms with Crippen LogP contribution in [0.25, 0.3) is 0 Å². The third-order valence-corrected chi connectivity index (χ3v) is 2.33. The third-order valence-electron chi connectivity index (χ3n) is 2.33. The van der Waals surface area contributed by atoms with Crippen LogP contribution in [-0.4, -0.2) is 30.7 Å². The Morgan fingerprint density at radius 1 is 1.25 bits per heavy atom. The maximum Gasteiger partial charge on any atom is 0.184 e. The van der Waals surface area contributed by atoms with Gasteiger partial charge in [0.2, 0.25) is 0 Å². The summed E-state index contributed by atoms with van der Waals surface area (Å²) in [6.45, 7) is 2.44. The minimum atomic E-state index is -0.787. The van der Waals surface area contributed by atoms with Crippen molar-refractivity contribution in [3.8, 4) is 0 Å². The molecule has 1 aliphatic heterocycles. The Morgan fingerprint density at radius 2 is 1.88 bits per heavy atom. The quantitative estimate of drug-likeness (QED) is 0.789. The Kier molecular flexibility index (Phi) is 3.90. The Bertz CT molecular complexity index is 304. The standard InChI is InChI=1S/C12H16O4/c1-9(13)16-11-7-14-12(15-8-11)10-5-3-2-4-6-10/h2-6,9,11-13H,7-8H2,1H3/t9?,11-,12+. The van der Waals surface area contributed by atoms with Crippen molar-refractivity contribution in [1.82, 2.24) is 0 Å². The summed E-state index contributed by atoms with van der Waals surface area (Å²) in [5.41, 5.74) is 0.998. The smallest absolute Gasteiger partial charge is 0.184 e. The first-order valence-electron chi connectivity index (χ1n) is 5.37. The van der Waals surface area contributed by atoms with E-state index in [1.807, 2.05) is 30.3 Å². The van der Waals surface area contributed by atoms with Gasteiger partial charge in [0.15, 0.2) is 12.6 Å². The molecule has 0 aliphatic carbocycles. The average molecular weight is 224 g/mol. The molecule has 1 heterocycles. The number of hydrogen-bond acceptors (Lipinski definition) is 4. The molecule has 4 heteroatoms. The van der Waals surface area contributed by atoms with Crippen molar-refractivity contribution >= 4 is 0 Å². The van der Waals surface area contributed by atoms with Gasteiger partial charge in [-0.25, -0.2) is 0 Å². The number of rotatable bonds is 3. The van der Waals surface area contributed by atoms with E-state index >= 15 is 0 Å². The van der Waals surface area contributed by atoms with E-state index in [1.54, 1.807) is 6.92 Å². The predicted octanol–water partition coefficient (Wildman–Crippen LogP) is 1.46. The monoisotopic (exact) mass is 224 g/mol. The molecule has 0 aromatic heterocycles. The fraction of sp³-hybridized carbons (Fsp3) is 0.500. The van der Waals surface area contributed by atoms with Crippen molar-refractivity contribution in [2.75, 3.05) is 13.2 Å². The van der Waals surface area contributed by atoms with Gasteiger partial charge in [-0.05, 0) is 6.92 Å². The summed E-state index contributed by atoms with van der Waals surface area (Å²) in [4.78, 5) is 0. The fourth-order valence-corrected chi connectivity index (χ4v) is 1.65. The maximum atomic E-state index is 9.05. The fourth-order valence-electron chi connectivity index (χ4n) is 1.65. The van der Waals surface area contributed by atoms with Gasteiger partial charge >= 0.3 is 0 Å². The summed E-state index contributed by atoms with van der Waals surface area (Å²) in [6.07, 6.45) is -1.31. The molecule has 0 bridgehead atoms. The summed E-state index contributed by atoms with van der Waals surface area (Å²) in [6, 6.07) is 9.76. The van der Waals surface area contributed by atoms with Gasteiger partial charge in [0.1, 0.15) is 6.10 Å². The highest BCUT2D eigenvalue weighted by Crippen LogP contribution is 2.23. The molecule has 0 spiro atoms. The Balaban J connectivity index is 1.86. The van der Waals surface area contributed by atoms with E-state index in [1.165, 1.54) is 0 Å². The molecule has 88 valence electrons. The molecule has 1 aromatic rings. The lowest BCUT2D eigenvalue weighted by Gasteiger charge is -2.30. The van der Waals surface area contributed by atoms with Crippen LogP contribution in [0.3, 0.4) is 0 Å². The molecule has 0 radical (unpaired) electrons. The van der Waals surface area contributed by atoms with Crippen molar-refractivity contribution in [3.05, 3.63) is 35.9 Å². The van der Waals surface area contributed by atoms with E-state index in [4.69, 9.17) is 19.3 Å². The zero-order chi connectivity index (χ0) is 11.4. The van der Waals surface area contributed by atoms with Crippen LogP contribution < -0.4 is 0 Å². The molecule has 4 nitrogen and oxygen atoms in total. The van der Waals surface area contributed by atoms with Crippen LogP contribution in [0.2, 0.25) is 0 Å². The summed E-state index contributed by atoms with van der Waals surface area (Å²) >= 11 is 0. The van der Waals surface area contributed by atoms with Gasteiger partial charge in [0.05, 0.1) is 13.2 Å². The highest BCUT2D eigenvalue weighted by Gasteiger charge is 2.24. The molecule has 1 aromatic carbocycles. The molecule has 1 saturated heterocycles. The van der Waals surface area contributed by atoms with Gasteiger partial charge in [-0.2, -0.15) is 0 Å². The molecular formula is C12H16O4. The van der Waals surface area contributed by atoms with Gasteiger partial charge < -0.3 is 19.3 Å². The van der Waals surface area contributed by atoms with E-state index in [0.717, 1.165) is 5.56 Å². The van der Waals surface area contributed by atoms with Gasteiger partial charge in [-0.1, -0.05) is 30.3 Å². The Labute approximate surface area is 94.8 Å². The van der Waals surface area contributed by atoms with Crippen LogP contribution in [0.5, 0.6) is 0 Å². The summed E-state index contributed by atoms with van der Waals surface area (Å²) in [5.74, 6) is 0. The normalized spacial score (nSPS) is 27.6. The van der Waals surface area contributed by atoms with Crippen molar-refractivity contribution in [1.29, 1.82) is 0 Å². The van der Waals surface area contributed by atoms with Crippen molar-refractivity contribution < 1.29 is 19.3 Å². The largest absolute Gasteiger partial charge is 0.368 e. The molecule has 1 unspecified atom stereocenters. The van der Waals surface area contributed by atoms with E-state index in [0.29, 0.717) is 13.2 Å². The first-order valence-corrected chi connectivity index (χ1v) is 5.37. The second-order valence-corrected chi connectivity index (χ2v) is 3.77. The van der Waals surface area contributed by atoms with Gasteiger partial charge in [-0.3, -0.25) is 0 Å². The second-order valence-electron chi connectivity index (χ2n) is 3.77. The lowest BCUT2D eigenvalue weighted by molar-refractivity contribution is -0.255. The molecule has 0 saturated carbocycles. The lowest BCUT2D eigenvalue weighted by atomic mass is 10.2. The average Bonchev–Trinajstić information content (AvgIpc) is 2.30. The number of ether oxygens (including phenoxy) is 3. The van der Waals surface area contributed by atoms with Crippen LogP contribution in [0.15, 0.2) is 30.3 Å². The third kappa shape index (κ3) is 3.02. The first kappa shape index (κ1) is 11.5. The van der Waals surface area contributed by atoms with Crippen LogP contribution in [0, 0.1) is 0 Å². The lowest BCUT2D eigenvalue weighted by Crippen LogP contribution is -2.35. The molecule has 0 amide bonds. The van der Waals surface area contributed by atoms with Gasteiger partial charge in [-0.15, -0.1) is 0 Å². The van der Waals surface area contributed by atoms with Gasteiger partial charge in [0.25, 0.3) is 0 Å². The maximum absolute atomic E-state index is 9.05. The van der Waals surface area contributed by atoms with Crippen LogP contribution in [0.4, 0.5) is 0 Å². The first-order chi connectivity index (χ1) is 7.75. The molecule has 1 aliphatic rings. The number of benzene rings is 1. The molecule has 1 fully saturated rings. The highest BCUT2D eigenvalue weighted by molar-refractivity contribution is 5.16. The molecule has 16 heavy (non-hydrogen) atoms. The summed E-state index contributed by atoms with van der Waals surface area (Å²) < 4.78 is 16.2. The van der Waals surface area contributed by atoms with E-state index in [-0.39, 0.29) is 12.4 Å². The Hall–Kier alpha value is -0.940. The number of aliphatic hydroxyl groups excluding tert-OH is 1. The second kappa shape index (κ2) is 5.41.